The lowest BCUT2D eigenvalue weighted by atomic mass is 9.88. The van der Waals surface area contributed by atoms with Crippen LogP contribution in [0, 0.1) is 5.41 Å². The lowest BCUT2D eigenvalue weighted by Crippen LogP contribution is -2.43. The van der Waals surface area contributed by atoms with Crippen molar-refractivity contribution in [3.8, 4) is 0 Å². The van der Waals surface area contributed by atoms with Crippen molar-refractivity contribution in [1.82, 2.24) is 5.32 Å². The zero-order chi connectivity index (χ0) is 15.5. The number of carbonyl (C=O) groups is 2. The Hall–Kier alpha value is -1.75. The smallest absolute Gasteiger partial charge is 0.335 e. The SMILES string of the molecule is CC(NC(=O)Nc1cc(Cl)cc(C(=O)O)c1)C(C)(C)C. The summed E-state index contributed by atoms with van der Waals surface area (Å²) in [6.45, 7) is 7.94. The van der Waals surface area contributed by atoms with E-state index < -0.39 is 12.0 Å². The second kappa shape index (κ2) is 6.13. The monoisotopic (exact) mass is 298 g/mol. The highest BCUT2D eigenvalue weighted by Gasteiger charge is 2.21. The third-order valence-corrected chi connectivity index (χ3v) is 3.27. The summed E-state index contributed by atoms with van der Waals surface area (Å²) in [5, 5.41) is 14.6. The molecular formula is C14H19ClN2O3. The van der Waals surface area contributed by atoms with E-state index in [4.69, 9.17) is 16.7 Å². The zero-order valence-corrected chi connectivity index (χ0v) is 12.7. The van der Waals surface area contributed by atoms with Crippen LogP contribution in [0.4, 0.5) is 10.5 Å². The van der Waals surface area contributed by atoms with Gasteiger partial charge in [-0.3, -0.25) is 0 Å². The first-order valence-electron chi connectivity index (χ1n) is 6.21. The van der Waals surface area contributed by atoms with Gasteiger partial charge < -0.3 is 15.7 Å². The van der Waals surface area contributed by atoms with Crippen LogP contribution < -0.4 is 10.6 Å². The molecule has 0 spiro atoms. The molecule has 0 saturated carbocycles. The molecule has 0 fully saturated rings. The maximum Gasteiger partial charge on any atom is 0.335 e. The van der Waals surface area contributed by atoms with E-state index in [1.165, 1.54) is 18.2 Å². The van der Waals surface area contributed by atoms with Crippen molar-refractivity contribution < 1.29 is 14.7 Å². The molecule has 110 valence electrons. The van der Waals surface area contributed by atoms with Gasteiger partial charge in [0, 0.05) is 16.8 Å². The van der Waals surface area contributed by atoms with Gasteiger partial charge in [-0.1, -0.05) is 32.4 Å². The number of benzene rings is 1. The Balaban J connectivity index is 2.78. The predicted octanol–water partition coefficient (Wildman–Crippen LogP) is 3.59. The third-order valence-electron chi connectivity index (χ3n) is 3.05. The van der Waals surface area contributed by atoms with E-state index >= 15 is 0 Å². The topological polar surface area (TPSA) is 78.4 Å². The molecule has 1 atom stereocenters. The fourth-order valence-corrected chi connectivity index (χ4v) is 1.60. The molecule has 1 unspecified atom stereocenters. The summed E-state index contributed by atoms with van der Waals surface area (Å²) >= 11 is 5.82. The molecule has 1 aromatic rings. The number of hydrogen-bond acceptors (Lipinski definition) is 2. The van der Waals surface area contributed by atoms with Crippen molar-refractivity contribution >= 4 is 29.3 Å². The minimum Gasteiger partial charge on any atom is -0.478 e. The fourth-order valence-electron chi connectivity index (χ4n) is 1.37. The van der Waals surface area contributed by atoms with Gasteiger partial charge in [-0.25, -0.2) is 9.59 Å². The minimum absolute atomic E-state index is 0.0247. The van der Waals surface area contributed by atoms with Gasteiger partial charge in [-0.05, 0) is 30.5 Å². The Kier molecular flexibility index (Phi) is 5.00. The second-order valence-corrected chi connectivity index (χ2v) is 6.16. The number of anilines is 1. The number of carboxylic acid groups (broad SMARTS) is 1. The number of carboxylic acids is 1. The summed E-state index contributed by atoms with van der Waals surface area (Å²) in [4.78, 5) is 22.8. The summed E-state index contributed by atoms with van der Waals surface area (Å²) in [5.74, 6) is -1.10. The van der Waals surface area contributed by atoms with Crippen LogP contribution in [0.15, 0.2) is 18.2 Å². The number of rotatable bonds is 3. The molecule has 0 aromatic heterocycles. The number of aromatic carboxylic acids is 1. The number of halogens is 1. The van der Waals surface area contributed by atoms with Crippen molar-refractivity contribution in [3.63, 3.8) is 0 Å². The highest BCUT2D eigenvalue weighted by Crippen LogP contribution is 2.20. The largest absolute Gasteiger partial charge is 0.478 e. The minimum atomic E-state index is -1.10. The molecule has 3 N–H and O–H groups in total. The van der Waals surface area contributed by atoms with E-state index in [2.05, 4.69) is 10.6 Å². The fraction of sp³-hybridized carbons (Fsp3) is 0.429. The molecule has 0 bridgehead atoms. The summed E-state index contributed by atoms with van der Waals surface area (Å²) in [5.41, 5.74) is 0.294. The van der Waals surface area contributed by atoms with E-state index in [9.17, 15) is 9.59 Å². The normalized spacial score (nSPS) is 12.7. The van der Waals surface area contributed by atoms with Gasteiger partial charge in [0.2, 0.25) is 0 Å². The van der Waals surface area contributed by atoms with Crippen molar-refractivity contribution in [3.05, 3.63) is 28.8 Å². The quantitative estimate of drug-likeness (QED) is 0.798. The van der Waals surface area contributed by atoms with Gasteiger partial charge in [0.15, 0.2) is 0 Å². The number of nitrogens with one attached hydrogen (secondary N) is 2. The molecule has 20 heavy (non-hydrogen) atoms. The molecule has 6 heteroatoms. The number of carbonyl (C=O) groups excluding carboxylic acids is 1. The van der Waals surface area contributed by atoms with Gasteiger partial charge in [0.05, 0.1) is 5.56 Å². The molecule has 1 aromatic carbocycles. The van der Waals surface area contributed by atoms with E-state index in [0.29, 0.717) is 5.69 Å². The van der Waals surface area contributed by atoms with Crippen molar-refractivity contribution in [2.24, 2.45) is 5.41 Å². The van der Waals surface area contributed by atoms with Crippen molar-refractivity contribution in [1.29, 1.82) is 0 Å². The summed E-state index contributed by atoms with van der Waals surface area (Å²) < 4.78 is 0. The predicted molar refractivity (Wildman–Crippen MR) is 79.5 cm³/mol. The van der Waals surface area contributed by atoms with Crippen molar-refractivity contribution in [2.45, 2.75) is 33.7 Å². The van der Waals surface area contributed by atoms with E-state index in [1.807, 2.05) is 27.7 Å². The molecular weight excluding hydrogens is 280 g/mol. The van der Waals surface area contributed by atoms with Crippen LogP contribution >= 0.6 is 11.6 Å². The summed E-state index contributed by atoms with van der Waals surface area (Å²) in [6, 6.07) is 3.74. The number of urea groups is 1. The molecule has 0 radical (unpaired) electrons. The highest BCUT2D eigenvalue weighted by molar-refractivity contribution is 6.31. The molecule has 0 aliphatic carbocycles. The van der Waals surface area contributed by atoms with Gasteiger partial charge in [0.25, 0.3) is 0 Å². The number of amides is 2. The maximum atomic E-state index is 11.8. The van der Waals surface area contributed by atoms with E-state index in [0.717, 1.165) is 0 Å². The van der Waals surface area contributed by atoms with Crippen LogP contribution in [-0.4, -0.2) is 23.1 Å². The molecule has 1 rings (SSSR count). The van der Waals surface area contributed by atoms with Gasteiger partial charge in [-0.2, -0.15) is 0 Å². The molecule has 0 saturated heterocycles. The molecule has 0 aliphatic rings. The van der Waals surface area contributed by atoms with Crippen LogP contribution in [0.3, 0.4) is 0 Å². The first-order chi connectivity index (χ1) is 9.09. The molecule has 2 amide bonds. The average molecular weight is 299 g/mol. The first kappa shape index (κ1) is 16.3. The Morgan fingerprint density at radius 1 is 1.25 bits per heavy atom. The van der Waals surface area contributed by atoms with Crippen LogP contribution in [0.5, 0.6) is 0 Å². The van der Waals surface area contributed by atoms with Crippen LogP contribution in [0.1, 0.15) is 38.1 Å². The van der Waals surface area contributed by atoms with Crippen LogP contribution in [0.2, 0.25) is 5.02 Å². The standard InChI is InChI=1S/C14H19ClN2O3/c1-8(14(2,3)4)16-13(20)17-11-6-9(12(18)19)5-10(15)7-11/h5-8H,1-4H3,(H,18,19)(H2,16,17,20). The second-order valence-electron chi connectivity index (χ2n) is 5.72. The molecule has 5 nitrogen and oxygen atoms in total. The Morgan fingerprint density at radius 2 is 1.85 bits per heavy atom. The van der Waals surface area contributed by atoms with Gasteiger partial charge >= 0.3 is 12.0 Å². The van der Waals surface area contributed by atoms with Crippen molar-refractivity contribution in [2.75, 3.05) is 5.32 Å². The Labute approximate surface area is 123 Å². The Bertz CT molecular complexity index is 524. The maximum absolute atomic E-state index is 11.8. The summed E-state index contributed by atoms with van der Waals surface area (Å²) in [7, 11) is 0. The Morgan fingerprint density at radius 3 is 2.35 bits per heavy atom. The van der Waals surface area contributed by atoms with E-state index in [1.54, 1.807) is 0 Å². The average Bonchev–Trinajstić information content (AvgIpc) is 2.26. The molecule has 0 heterocycles. The summed E-state index contributed by atoms with van der Waals surface area (Å²) in [6.07, 6.45) is 0. The third kappa shape index (κ3) is 4.74. The molecule has 0 aliphatic heterocycles. The van der Waals surface area contributed by atoms with Gasteiger partial charge in [-0.15, -0.1) is 0 Å². The van der Waals surface area contributed by atoms with Crippen LogP contribution in [-0.2, 0) is 0 Å². The highest BCUT2D eigenvalue weighted by atomic mass is 35.5. The van der Waals surface area contributed by atoms with Crippen LogP contribution in [0.25, 0.3) is 0 Å². The lowest BCUT2D eigenvalue weighted by Gasteiger charge is -2.28. The zero-order valence-electron chi connectivity index (χ0n) is 12.0. The lowest BCUT2D eigenvalue weighted by molar-refractivity contribution is 0.0697. The van der Waals surface area contributed by atoms with Gasteiger partial charge in [0.1, 0.15) is 0 Å². The van der Waals surface area contributed by atoms with E-state index in [-0.39, 0.29) is 22.0 Å². The number of hydrogen-bond donors (Lipinski definition) is 3. The first-order valence-corrected chi connectivity index (χ1v) is 6.59.